The molecule has 0 bridgehead atoms. The lowest BCUT2D eigenvalue weighted by Gasteiger charge is -2.35. The van der Waals surface area contributed by atoms with Crippen molar-refractivity contribution in [3.8, 4) is 0 Å². The van der Waals surface area contributed by atoms with Crippen LogP contribution in [0.2, 0.25) is 0 Å². The standard InChI is InChI=1S/C18H30F3N3O4S/c19-13-7-11(8-14(20)17(13)21)23-18(26)9-1-4-15(22)16(5-9)29(27,28)24-10-2-3-12(25)6-10/h9-17,24-25H,1-8,22H2,(H,23,26)/t9?,10-,11?,12+,13?,14?,15?,16?,17?/m0/s1. The quantitative estimate of drug-likeness (QED) is 0.498. The van der Waals surface area contributed by atoms with Crippen LogP contribution in [0.4, 0.5) is 13.2 Å². The molecule has 3 aliphatic rings. The first-order valence-corrected chi connectivity index (χ1v) is 11.8. The molecule has 0 aromatic carbocycles. The minimum absolute atomic E-state index is 0.00811. The van der Waals surface area contributed by atoms with E-state index in [0.717, 1.165) is 0 Å². The number of hydrogen-bond donors (Lipinski definition) is 4. The molecule has 0 heterocycles. The van der Waals surface area contributed by atoms with E-state index in [2.05, 4.69) is 10.0 Å². The number of nitrogens with one attached hydrogen (secondary N) is 2. The van der Waals surface area contributed by atoms with E-state index in [9.17, 15) is 31.5 Å². The zero-order valence-electron chi connectivity index (χ0n) is 16.1. The van der Waals surface area contributed by atoms with Crippen LogP contribution in [0, 0.1) is 5.92 Å². The highest BCUT2D eigenvalue weighted by Crippen LogP contribution is 2.31. The lowest BCUT2D eigenvalue weighted by molar-refractivity contribution is -0.127. The monoisotopic (exact) mass is 441 g/mol. The van der Waals surface area contributed by atoms with Gasteiger partial charge in [0.15, 0.2) is 6.17 Å². The summed E-state index contributed by atoms with van der Waals surface area (Å²) < 4.78 is 68.6. The number of nitrogens with two attached hydrogens (primary N) is 1. The number of rotatable bonds is 5. The summed E-state index contributed by atoms with van der Waals surface area (Å²) in [6.07, 6.45) is -5.12. The van der Waals surface area contributed by atoms with Gasteiger partial charge in [-0.05, 0) is 38.5 Å². The molecule has 7 atom stereocenters. The summed E-state index contributed by atoms with van der Waals surface area (Å²) >= 11 is 0. The van der Waals surface area contributed by atoms with Crippen molar-refractivity contribution < 1.29 is 31.5 Å². The molecule has 0 radical (unpaired) electrons. The predicted molar refractivity (Wildman–Crippen MR) is 101 cm³/mol. The van der Waals surface area contributed by atoms with E-state index in [1.807, 2.05) is 0 Å². The third kappa shape index (κ3) is 5.42. The van der Waals surface area contributed by atoms with Gasteiger partial charge in [-0.25, -0.2) is 26.3 Å². The van der Waals surface area contributed by atoms with Crippen molar-refractivity contribution >= 4 is 15.9 Å². The third-order valence-corrected chi connectivity index (χ3v) is 8.41. The van der Waals surface area contributed by atoms with Crippen molar-refractivity contribution in [3.05, 3.63) is 0 Å². The molecule has 168 valence electrons. The van der Waals surface area contributed by atoms with Gasteiger partial charge in [-0.3, -0.25) is 4.79 Å². The molecule has 0 saturated heterocycles. The molecule has 5 N–H and O–H groups in total. The van der Waals surface area contributed by atoms with Crippen molar-refractivity contribution in [2.24, 2.45) is 11.7 Å². The average molecular weight is 442 g/mol. The van der Waals surface area contributed by atoms with Gasteiger partial charge in [0, 0.05) is 36.9 Å². The van der Waals surface area contributed by atoms with E-state index in [4.69, 9.17) is 5.73 Å². The number of amides is 1. The smallest absolute Gasteiger partial charge is 0.223 e. The molecular weight excluding hydrogens is 411 g/mol. The maximum Gasteiger partial charge on any atom is 0.223 e. The second kappa shape index (κ2) is 9.07. The van der Waals surface area contributed by atoms with E-state index in [1.54, 1.807) is 0 Å². The molecule has 11 heteroatoms. The van der Waals surface area contributed by atoms with Crippen molar-refractivity contribution in [2.45, 2.75) is 99.4 Å². The number of sulfonamides is 1. The van der Waals surface area contributed by atoms with Gasteiger partial charge in [-0.15, -0.1) is 0 Å². The highest BCUT2D eigenvalue weighted by molar-refractivity contribution is 7.90. The number of halogens is 3. The van der Waals surface area contributed by atoms with Crippen LogP contribution in [0.25, 0.3) is 0 Å². The lowest BCUT2D eigenvalue weighted by Crippen LogP contribution is -2.54. The van der Waals surface area contributed by atoms with Gasteiger partial charge in [0.2, 0.25) is 15.9 Å². The largest absolute Gasteiger partial charge is 0.393 e. The number of carbonyl (C=O) groups is 1. The maximum absolute atomic E-state index is 13.6. The molecule has 0 aromatic heterocycles. The van der Waals surface area contributed by atoms with Gasteiger partial charge < -0.3 is 16.2 Å². The minimum Gasteiger partial charge on any atom is -0.393 e. The molecule has 7 nitrogen and oxygen atoms in total. The van der Waals surface area contributed by atoms with Crippen molar-refractivity contribution in [3.63, 3.8) is 0 Å². The first-order valence-electron chi connectivity index (χ1n) is 10.2. The predicted octanol–water partition coefficient (Wildman–Crippen LogP) is 0.608. The van der Waals surface area contributed by atoms with Crippen LogP contribution in [0.3, 0.4) is 0 Å². The van der Waals surface area contributed by atoms with E-state index in [1.165, 1.54) is 0 Å². The number of carbonyl (C=O) groups excluding carboxylic acids is 1. The molecular formula is C18H30F3N3O4S. The van der Waals surface area contributed by atoms with Gasteiger partial charge in [0.05, 0.1) is 11.4 Å². The topological polar surface area (TPSA) is 122 Å². The summed E-state index contributed by atoms with van der Waals surface area (Å²) in [5.41, 5.74) is 6.02. The summed E-state index contributed by atoms with van der Waals surface area (Å²) in [4.78, 5) is 12.6. The lowest BCUT2D eigenvalue weighted by atomic mass is 9.84. The summed E-state index contributed by atoms with van der Waals surface area (Å²) in [7, 11) is -3.80. The van der Waals surface area contributed by atoms with E-state index in [-0.39, 0.29) is 25.3 Å². The summed E-state index contributed by atoms with van der Waals surface area (Å²) in [5.74, 6) is -1.13. The molecule has 3 fully saturated rings. The van der Waals surface area contributed by atoms with Crippen LogP contribution in [0.15, 0.2) is 0 Å². The first-order chi connectivity index (χ1) is 13.6. The van der Waals surface area contributed by atoms with E-state index >= 15 is 0 Å². The SMILES string of the molecule is NC1CCC(C(=O)NC2CC(F)C(F)C(F)C2)CC1S(=O)(=O)N[C@H]1CC[C@@H](O)C1. The summed E-state index contributed by atoms with van der Waals surface area (Å²) in [6, 6.07) is -1.80. The van der Waals surface area contributed by atoms with Crippen LogP contribution in [-0.2, 0) is 14.8 Å². The molecule has 5 unspecified atom stereocenters. The summed E-state index contributed by atoms with van der Waals surface area (Å²) in [6.45, 7) is 0. The molecule has 3 rings (SSSR count). The van der Waals surface area contributed by atoms with Crippen LogP contribution < -0.4 is 15.8 Å². The number of aliphatic hydroxyl groups excluding tert-OH is 1. The van der Waals surface area contributed by atoms with Gasteiger partial charge in [0.1, 0.15) is 12.3 Å². The number of alkyl halides is 3. The third-order valence-electron chi connectivity index (χ3n) is 6.40. The fourth-order valence-electron chi connectivity index (χ4n) is 4.70. The summed E-state index contributed by atoms with van der Waals surface area (Å²) in [5, 5.41) is 11.2. The zero-order valence-corrected chi connectivity index (χ0v) is 17.0. The number of hydrogen-bond acceptors (Lipinski definition) is 5. The maximum atomic E-state index is 13.6. The molecule has 1 amide bonds. The Hall–Kier alpha value is -0.910. The van der Waals surface area contributed by atoms with Gasteiger partial charge in [0.25, 0.3) is 0 Å². The Labute approximate surface area is 169 Å². The molecule has 3 aliphatic carbocycles. The van der Waals surface area contributed by atoms with Gasteiger partial charge >= 0.3 is 0 Å². The van der Waals surface area contributed by atoms with Gasteiger partial charge in [-0.1, -0.05) is 0 Å². The van der Waals surface area contributed by atoms with Crippen molar-refractivity contribution in [2.75, 3.05) is 0 Å². The number of aliphatic hydroxyl groups is 1. The van der Waals surface area contributed by atoms with Crippen LogP contribution in [0.5, 0.6) is 0 Å². The Morgan fingerprint density at radius 3 is 2.17 bits per heavy atom. The minimum atomic E-state index is -3.80. The Morgan fingerprint density at radius 1 is 0.931 bits per heavy atom. The first kappa shape index (κ1) is 22.8. The fourth-order valence-corrected chi connectivity index (χ4v) is 6.63. The highest BCUT2D eigenvalue weighted by atomic mass is 32.2. The second-order valence-corrected chi connectivity index (χ2v) is 10.6. The Morgan fingerprint density at radius 2 is 1.59 bits per heavy atom. The molecule has 0 spiro atoms. The van der Waals surface area contributed by atoms with E-state index < -0.39 is 63.8 Å². The Bertz CT molecular complexity index is 686. The van der Waals surface area contributed by atoms with Crippen molar-refractivity contribution in [1.82, 2.24) is 10.0 Å². The van der Waals surface area contributed by atoms with E-state index in [0.29, 0.717) is 32.1 Å². The molecule has 3 saturated carbocycles. The second-order valence-electron chi connectivity index (χ2n) is 8.69. The average Bonchev–Trinajstić information content (AvgIpc) is 3.03. The molecule has 0 aliphatic heterocycles. The Kier molecular flexibility index (Phi) is 7.12. The van der Waals surface area contributed by atoms with Crippen molar-refractivity contribution in [1.29, 1.82) is 0 Å². The van der Waals surface area contributed by atoms with Crippen LogP contribution in [-0.4, -0.2) is 67.4 Å². The van der Waals surface area contributed by atoms with Gasteiger partial charge in [-0.2, -0.15) is 0 Å². The molecule has 29 heavy (non-hydrogen) atoms. The fraction of sp³-hybridized carbons (Fsp3) is 0.944. The molecule has 0 aromatic rings. The van der Waals surface area contributed by atoms with Crippen LogP contribution >= 0.6 is 0 Å². The Balaban J connectivity index is 1.59. The normalized spacial score (nSPS) is 43.8. The van der Waals surface area contributed by atoms with Crippen LogP contribution in [0.1, 0.15) is 51.4 Å². The highest BCUT2D eigenvalue weighted by Gasteiger charge is 2.43. The zero-order chi connectivity index (χ0) is 21.3.